The maximum atomic E-state index is 11.8. The van der Waals surface area contributed by atoms with Gasteiger partial charge in [-0.1, -0.05) is 0 Å². The average molecular weight is 174 g/mol. The average Bonchev–Trinajstić information content (AvgIpc) is 1.55. The Kier molecular flexibility index (Phi) is 3.31. The first-order valence-corrected chi connectivity index (χ1v) is 2.74. The van der Waals surface area contributed by atoms with Crippen LogP contribution in [-0.4, -0.2) is 19.9 Å². The van der Waals surface area contributed by atoms with Crippen molar-refractivity contribution in [3.8, 4) is 0 Å². The topological polar surface area (TPSA) is 18.5 Å². The summed E-state index contributed by atoms with van der Waals surface area (Å²) >= 11 is 0. The highest BCUT2D eigenvalue weighted by atomic mass is 19.3. The summed E-state index contributed by atoms with van der Waals surface area (Å²) in [4.78, 5) is 0. The minimum absolute atomic E-state index is 0.435. The zero-order chi connectivity index (χ0) is 9.12. The standard InChI is InChI=1S/C4H7BF4O2/c1-3(6,7)10-5-11-4(2,8)9/h5H,1-2H3. The van der Waals surface area contributed by atoms with Crippen molar-refractivity contribution in [1.29, 1.82) is 0 Å². The Morgan fingerprint density at radius 2 is 1.18 bits per heavy atom. The first kappa shape index (κ1) is 10.7. The van der Waals surface area contributed by atoms with Crippen LogP contribution in [0.15, 0.2) is 0 Å². The van der Waals surface area contributed by atoms with E-state index in [1.807, 2.05) is 0 Å². The molecule has 0 rings (SSSR count). The molecule has 11 heavy (non-hydrogen) atoms. The molecule has 0 aromatic rings. The molecule has 0 aliphatic carbocycles. The second kappa shape index (κ2) is 3.40. The van der Waals surface area contributed by atoms with Gasteiger partial charge in [0.1, 0.15) is 0 Å². The molecule has 2 nitrogen and oxygen atoms in total. The predicted molar refractivity (Wildman–Crippen MR) is 30.6 cm³/mol. The van der Waals surface area contributed by atoms with Crippen LogP contribution in [0.2, 0.25) is 0 Å². The zero-order valence-corrected chi connectivity index (χ0v) is 6.04. The zero-order valence-electron chi connectivity index (χ0n) is 6.04. The number of hydrogen-bond acceptors (Lipinski definition) is 2. The summed E-state index contributed by atoms with van der Waals surface area (Å²) < 4.78 is 54.1. The largest absolute Gasteiger partial charge is 0.446 e. The lowest BCUT2D eigenvalue weighted by atomic mass is 10.4. The number of rotatable bonds is 4. The van der Waals surface area contributed by atoms with Crippen LogP contribution in [0, 0.1) is 0 Å². The second-order valence-electron chi connectivity index (χ2n) is 2.02. The van der Waals surface area contributed by atoms with Crippen LogP contribution in [0.4, 0.5) is 17.6 Å². The molecule has 0 saturated heterocycles. The smallest absolute Gasteiger partial charge is 0.356 e. The molecule has 0 radical (unpaired) electrons. The van der Waals surface area contributed by atoms with E-state index in [1.54, 1.807) is 0 Å². The van der Waals surface area contributed by atoms with E-state index in [0.717, 1.165) is 0 Å². The van der Waals surface area contributed by atoms with Gasteiger partial charge in [0, 0.05) is 13.8 Å². The molecular weight excluding hydrogens is 167 g/mol. The highest BCUT2D eigenvalue weighted by molar-refractivity contribution is 6.18. The van der Waals surface area contributed by atoms with Gasteiger partial charge in [-0.2, -0.15) is 17.6 Å². The number of alkyl halides is 4. The fourth-order valence-electron chi connectivity index (χ4n) is 0.236. The highest BCUT2D eigenvalue weighted by Crippen LogP contribution is 2.16. The molecule has 0 N–H and O–H groups in total. The molecule has 0 spiro atoms. The van der Waals surface area contributed by atoms with Crippen molar-refractivity contribution < 1.29 is 26.9 Å². The fraction of sp³-hybridized carbons (Fsp3) is 1.00. The quantitative estimate of drug-likeness (QED) is 0.474. The number of halogens is 4. The monoisotopic (exact) mass is 174 g/mol. The Morgan fingerprint density at radius 1 is 0.909 bits per heavy atom. The van der Waals surface area contributed by atoms with E-state index in [0.29, 0.717) is 13.8 Å². The summed E-state index contributed by atoms with van der Waals surface area (Å²) in [6.45, 7) is 0.869. The van der Waals surface area contributed by atoms with E-state index in [2.05, 4.69) is 9.31 Å². The molecule has 0 unspecified atom stereocenters. The van der Waals surface area contributed by atoms with Gasteiger partial charge in [0.05, 0.1) is 0 Å². The van der Waals surface area contributed by atoms with Crippen molar-refractivity contribution in [2.75, 3.05) is 0 Å². The Morgan fingerprint density at radius 3 is 1.36 bits per heavy atom. The number of hydrogen-bond donors (Lipinski definition) is 0. The molecule has 0 saturated carbocycles. The van der Waals surface area contributed by atoms with Crippen molar-refractivity contribution in [1.82, 2.24) is 0 Å². The summed E-state index contributed by atoms with van der Waals surface area (Å²) in [5.74, 6) is 0. The van der Waals surface area contributed by atoms with Crippen LogP contribution in [0.3, 0.4) is 0 Å². The summed E-state index contributed by atoms with van der Waals surface area (Å²) in [6.07, 6.45) is -6.88. The van der Waals surface area contributed by atoms with Crippen molar-refractivity contribution in [2.45, 2.75) is 26.1 Å². The molecule has 0 aromatic carbocycles. The molecule has 0 aliphatic heterocycles. The van der Waals surface area contributed by atoms with Crippen molar-refractivity contribution in [2.24, 2.45) is 0 Å². The SMILES string of the molecule is CC(F)(F)OBOC(C)(F)F. The lowest BCUT2D eigenvalue weighted by molar-refractivity contribution is -0.204. The summed E-state index contributed by atoms with van der Waals surface area (Å²) in [5.41, 5.74) is 0. The van der Waals surface area contributed by atoms with E-state index in [9.17, 15) is 17.6 Å². The van der Waals surface area contributed by atoms with Crippen molar-refractivity contribution in [3.05, 3.63) is 0 Å². The van der Waals surface area contributed by atoms with Crippen LogP contribution in [0.1, 0.15) is 13.8 Å². The van der Waals surface area contributed by atoms with Crippen LogP contribution in [0.25, 0.3) is 0 Å². The van der Waals surface area contributed by atoms with Crippen LogP contribution in [-0.2, 0) is 9.31 Å². The second-order valence-corrected chi connectivity index (χ2v) is 2.02. The highest BCUT2D eigenvalue weighted by Gasteiger charge is 2.27. The van der Waals surface area contributed by atoms with Gasteiger partial charge in [-0.3, -0.25) is 0 Å². The molecule has 0 aliphatic rings. The van der Waals surface area contributed by atoms with Crippen molar-refractivity contribution in [3.63, 3.8) is 0 Å². The predicted octanol–water partition coefficient (Wildman–Crippen LogP) is 1.51. The summed E-state index contributed by atoms with van der Waals surface area (Å²) in [7, 11) is -1.13. The van der Waals surface area contributed by atoms with E-state index in [4.69, 9.17) is 0 Å². The molecule has 0 fully saturated rings. The minimum Gasteiger partial charge on any atom is -0.356 e. The molecule has 66 valence electrons. The Hall–Kier alpha value is -0.295. The lowest BCUT2D eigenvalue weighted by Crippen LogP contribution is -2.26. The first-order valence-electron chi connectivity index (χ1n) is 2.74. The molecule has 0 bridgehead atoms. The van der Waals surface area contributed by atoms with Gasteiger partial charge in [-0.15, -0.1) is 0 Å². The van der Waals surface area contributed by atoms with Gasteiger partial charge >= 0.3 is 19.9 Å². The Balaban J connectivity index is 3.44. The van der Waals surface area contributed by atoms with Gasteiger partial charge in [0.2, 0.25) is 0 Å². The third kappa shape index (κ3) is 9.70. The molecule has 0 aromatic heterocycles. The summed E-state index contributed by atoms with van der Waals surface area (Å²) in [5, 5.41) is 0. The minimum atomic E-state index is -3.44. The maximum Gasteiger partial charge on any atom is 0.446 e. The normalized spacial score (nSPS) is 13.3. The maximum absolute atomic E-state index is 11.8. The third-order valence-corrected chi connectivity index (χ3v) is 0.625. The van der Waals surface area contributed by atoms with Gasteiger partial charge in [-0.25, -0.2) is 0 Å². The Bertz CT molecular complexity index is 104. The molecule has 7 heteroatoms. The van der Waals surface area contributed by atoms with E-state index < -0.39 is 19.9 Å². The molecule has 0 amide bonds. The van der Waals surface area contributed by atoms with E-state index in [-0.39, 0.29) is 0 Å². The van der Waals surface area contributed by atoms with Crippen LogP contribution >= 0.6 is 0 Å². The fourth-order valence-corrected chi connectivity index (χ4v) is 0.236. The molecular formula is C4H7BF4O2. The van der Waals surface area contributed by atoms with Gasteiger partial charge in [0.15, 0.2) is 0 Å². The third-order valence-electron chi connectivity index (χ3n) is 0.625. The van der Waals surface area contributed by atoms with E-state index in [1.165, 1.54) is 0 Å². The van der Waals surface area contributed by atoms with Gasteiger partial charge in [-0.05, 0) is 0 Å². The van der Waals surface area contributed by atoms with E-state index >= 15 is 0 Å². The Labute approximate surface area is 61.8 Å². The summed E-state index contributed by atoms with van der Waals surface area (Å²) in [6, 6.07) is 0. The van der Waals surface area contributed by atoms with Crippen LogP contribution in [0.5, 0.6) is 0 Å². The molecule has 0 heterocycles. The lowest BCUT2D eigenvalue weighted by Gasteiger charge is -2.13. The first-order chi connectivity index (χ1) is 4.71. The van der Waals surface area contributed by atoms with Crippen molar-refractivity contribution >= 4 is 7.69 Å². The molecule has 0 atom stereocenters. The van der Waals surface area contributed by atoms with Gasteiger partial charge < -0.3 is 9.31 Å². The van der Waals surface area contributed by atoms with Gasteiger partial charge in [0.25, 0.3) is 0 Å². The van der Waals surface area contributed by atoms with Crippen LogP contribution < -0.4 is 0 Å².